The van der Waals surface area contributed by atoms with Crippen LogP contribution in [0.3, 0.4) is 0 Å². The molecular weight excluding hydrogens is 378 g/mol. The first-order valence-corrected chi connectivity index (χ1v) is 10.6. The smallest absolute Gasteiger partial charge is 0.410 e. The highest BCUT2D eigenvalue weighted by Gasteiger charge is 2.52. The molecule has 4 rings (SSSR count). The Labute approximate surface area is 167 Å². The molecular formula is C19H25N5O3S. The van der Waals surface area contributed by atoms with Crippen molar-refractivity contribution in [2.75, 3.05) is 24.2 Å². The lowest BCUT2D eigenvalue weighted by molar-refractivity contribution is 0.0218. The van der Waals surface area contributed by atoms with Gasteiger partial charge in [-0.3, -0.25) is 9.36 Å². The molecule has 2 aromatic rings. The maximum absolute atomic E-state index is 13.0. The number of nitrogens with zero attached hydrogens (tertiary/aromatic N) is 5. The van der Waals surface area contributed by atoms with Gasteiger partial charge >= 0.3 is 6.09 Å². The first-order chi connectivity index (χ1) is 13.2. The quantitative estimate of drug-likeness (QED) is 0.562. The van der Waals surface area contributed by atoms with Crippen LogP contribution in [0.4, 0.5) is 10.5 Å². The normalized spacial score (nSPS) is 21.6. The van der Waals surface area contributed by atoms with Crippen LogP contribution in [0.2, 0.25) is 0 Å². The second-order valence-electron chi connectivity index (χ2n) is 8.27. The lowest BCUT2D eigenvalue weighted by Crippen LogP contribution is -2.51. The second kappa shape index (κ2) is 6.65. The molecule has 9 heteroatoms. The highest BCUT2D eigenvalue weighted by atomic mass is 32.2. The zero-order valence-corrected chi connectivity index (χ0v) is 17.6. The van der Waals surface area contributed by atoms with Gasteiger partial charge in [-0.25, -0.2) is 14.8 Å². The monoisotopic (exact) mass is 403 g/mol. The lowest BCUT2D eigenvalue weighted by Gasteiger charge is -2.36. The molecule has 0 aromatic carbocycles. The zero-order valence-electron chi connectivity index (χ0n) is 16.8. The molecule has 2 fully saturated rings. The van der Waals surface area contributed by atoms with Gasteiger partial charge in [0.2, 0.25) is 0 Å². The van der Waals surface area contributed by atoms with Crippen LogP contribution in [0.1, 0.15) is 27.2 Å². The SMILES string of the molecule is CSc1ncc2cc(N3CCN(C(=O)OC(C)(C)C)C4CC43)c(=O)n(C)c2n1. The van der Waals surface area contributed by atoms with E-state index in [-0.39, 0.29) is 23.7 Å². The highest BCUT2D eigenvalue weighted by molar-refractivity contribution is 7.98. The second-order valence-corrected chi connectivity index (χ2v) is 9.04. The molecule has 8 nitrogen and oxygen atoms in total. The fraction of sp³-hybridized carbons (Fsp3) is 0.579. The lowest BCUT2D eigenvalue weighted by atomic mass is 10.2. The topological polar surface area (TPSA) is 80.6 Å². The summed E-state index contributed by atoms with van der Waals surface area (Å²) in [5, 5.41) is 1.48. The van der Waals surface area contributed by atoms with Crippen molar-refractivity contribution in [3.63, 3.8) is 0 Å². The van der Waals surface area contributed by atoms with E-state index in [0.29, 0.717) is 29.6 Å². The van der Waals surface area contributed by atoms with E-state index in [2.05, 4.69) is 14.9 Å². The van der Waals surface area contributed by atoms with E-state index < -0.39 is 5.60 Å². The van der Waals surface area contributed by atoms with Crippen LogP contribution < -0.4 is 10.5 Å². The number of anilines is 1. The van der Waals surface area contributed by atoms with Crippen LogP contribution in [-0.2, 0) is 11.8 Å². The van der Waals surface area contributed by atoms with Gasteiger partial charge in [0.1, 0.15) is 16.9 Å². The van der Waals surface area contributed by atoms with Crippen molar-refractivity contribution >= 4 is 34.6 Å². The van der Waals surface area contributed by atoms with Gasteiger partial charge in [-0.2, -0.15) is 0 Å². The number of carbonyl (C=O) groups excluding carboxylic acids is 1. The number of aromatic nitrogens is 3. The number of amides is 1. The van der Waals surface area contributed by atoms with Gasteiger partial charge in [-0.05, 0) is 39.5 Å². The predicted molar refractivity (Wildman–Crippen MR) is 109 cm³/mol. The molecule has 1 saturated carbocycles. The summed E-state index contributed by atoms with van der Waals surface area (Å²) in [4.78, 5) is 38.2. The fourth-order valence-corrected chi connectivity index (χ4v) is 4.09. The number of piperazine rings is 1. The van der Waals surface area contributed by atoms with Crippen molar-refractivity contribution < 1.29 is 9.53 Å². The average Bonchev–Trinajstić information content (AvgIpc) is 3.43. The third kappa shape index (κ3) is 3.32. The van der Waals surface area contributed by atoms with Crippen LogP contribution in [-0.4, -0.2) is 62.6 Å². The summed E-state index contributed by atoms with van der Waals surface area (Å²) in [6.45, 7) is 6.75. The number of pyridine rings is 1. The third-order valence-corrected chi connectivity index (χ3v) is 5.70. The molecule has 3 heterocycles. The minimum absolute atomic E-state index is 0.0744. The summed E-state index contributed by atoms with van der Waals surface area (Å²) in [5.41, 5.74) is 0.692. The molecule has 1 aliphatic carbocycles. The van der Waals surface area contributed by atoms with E-state index in [1.807, 2.05) is 33.1 Å². The molecule has 0 radical (unpaired) electrons. The zero-order chi connectivity index (χ0) is 20.2. The van der Waals surface area contributed by atoms with E-state index in [0.717, 1.165) is 11.8 Å². The standard InChI is InChI=1S/C19H25N5O3S/c1-19(2,3)27-18(26)24-7-6-23(12-9-13(12)24)14-8-11-10-20-17(28-5)21-15(11)22(4)16(14)25/h8,10,12-13H,6-7,9H2,1-5H3. The Kier molecular flexibility index (Phi) is 4.52. The molecule has 2 atom stereocenters. The molecule has 0 spiro atoms. The van der Waals surface area contributed by atoms with E-state index >= 15 is 0 Å². The molecule has 1 amide bonds. The van der Waals surface area contributed by atoms with Crippen LogP contribution in [0.5, 0.6) is 0 Å². The Morgan fingerprint density at radius 1 is 1.29 bits per heavy atom. The van der Waals surface area contributed by atoms with Gasteiger partial charge in [-0.15, -0.1) is 0 Å². The van der Waals surface area contributed by atoms with Gasteiger partial charge in [0.05, 0.1) is 12.1 Å². The van der Waals surface area contributed by atoms with E-state index in [1.165, 1.54) is 11.8 Å². The number of hydrogen-bond acceptors (Lipinski definition) is 7. The Hall–Kier alpha value is -2.29. The van der Waals surface area contributed by atoms with Gasteiger partial charge in [0, 0.05) is 31.7 Å². The van der Waals surface area contributed by atoms with Crippen molar-refractivity contribution in [2.45, 2.75) is 50.0 Å². The molecule has 2 aromatic heterocycles. The Morgan fingerprint density at radius 3 is 2.71 bits per heavy atom. The molecule has 0 N–H and O–H groups in total. The first-order valence-electron chi connectivity index (χ1n) is 9.36. The number of fused-ring (bicyclic) bond motifs is 2. The average molecular weight is 404 g/mol. The molecule has 28 heavy (non-hydrogen) atoms. The Bertz CT molecular complexity index is 999. The van der Waals surface area contributed by atoms with Crippen molar-refractivity contribution in [1.29, 1.82) is 0 Å². The van der Waals surface area contributed by atoms with Gasteiger partial charge < -0.3 is 14.5 Å². The van der Waals surface area contributed by atoms with Gasteiger partial charge in [0.15, 0.2) is 5.16 Å². The number of thioether (sulfide) groups is 1. The van der Waals surface area contributed by atoms with Crippen molar-refractivity contribution in [2.24, 2.45) is 7.05 Å². The summed E-state index contributed by atoms with van der Waals surface area (Å²) in [7, 11) is 1.74. The largest absolute Gasteiger partial charge is 0.444 e. The van der Waals surface area contributed by atoms with Crippen molar-refractivity contribution in [1.82, 2.24) is 19.4 Å². The number of aryl methyl sites for hydroxylation is 1. The highest BCUT2D eigenvalue weighted by Crippen LogP contribution is 2.39. The predicted octanol–water partition coefficient (Wildman–Crippen LogP) is 2.25. The number of hydrogen-bond donors (Lipinski definition) is 0. The van der Waals surface area contributed by atoms with Gasteiger partial charge in [0.25, 0.3) is 5.56 Å². The van der Waals surface area contributed by atoms with Crippen LogP contribution in [0, 0.1) is 0 Å². The summed E-state index contributed by atoms with van der Waals surface area (Å²) in [6, 6.07) is 2.12. The van der Waals surface area contributed by atoms with Crippen LogP contribution >= 0.6 is 11.8 Å². The van der Waals surface area contributed by atoms with Crippen molar-refractivity contribution in [3.8, 4) is 0 Å². The summed E-state index contributed by atoms with van der Waals surface area (Å²) in [6.07, 6.45) is 4.25. The minimum Gasteiger partial charge on any atom is -0.444 e. The number of ether oxygens (including phenoxy) is 1. The Balaban J connectivity index is 1.60. The fourth-order valence-electron chi connectivity index (χ4n) is 3.75. The molecule has 150 valence electrons. The summed E-state index contributed by atoms with van der Waals surface area (Å²) < 4.78 is 7.11. The van der Waals surface area contributed by atoms with Crippen molar-refractivity contribution in [3.05, 3.63) is 22.6 Å². The minimum atomic E-state index is -0.511. The maximum atomic E-state index is 13.0. The number of rotatable bonds is 2. The van der Waals surface area contributed by atoms with Crippen LogP contribution in [0.25, 0.3) is 11.0 Å². The molecule has 1 saturated heterocycles. The molecule has 1 aliphatic heterocycles. The molecule has 2 unspecified atom stereocenters. The summed E-state index contributed by atoms with van der Waals surface area (Å²) >= 11 is 1.45. The Morgan fingerprint density at radius 2 is 2.04 bits per heavy atom. The van der Waals surface area contributed by atoms with Gasteiger partial charge in [-0.1, -0.05) is 11.8 Å². The number of carbonyl (C=O) groups is 1. The first kappa shape index (κ1) is 19.0. The summed E-state index contributed by atoms with van der Waals surface area (Å²) in [5.74, 6) is 0. The van der Waals surface area contributed by atoms with E-state index in [4.69, 9.17) is 4.74 Å². The molecule has 0 bridgehead atoms. The van der Waals surface area contributed by atoms with E-state index in [1.54, 1.807) is 22.7 Å². The maximum Gasteiger partial charge on any atom is 0.410 e. The van der Waals surface area contributed by atoms with Crippen LogP contribution in [0.15, 0.2) is 22.2 Å². The third-order valence-electron chi connectivity index (χ3n) is 5.13. The molecule has 2 aliphatic rings. The van der Waals surface area contributed by atoms with E-state index in [9.17, 15) is 9.59 Å².